The molecule has 0 aromatic rings. The molecule has 5 nitrogen and oxygen atoms in total. The second kappa shape index (κ2) is 13.5. The zero-order chi connectivity index (χ0) is 16.4. The zero-order valence-electron chi connectivity index (χ0n) is 14.3. The predicted octanol–water partition coefficient (Wildman–Crippen LogP) is -0.223. The Hall–Kier alpha value is 1.18. The summed E-state index contributed by atoms with van der Waals surface area (Å²) in [6.07, 6.45) is 9.79. The average Bonchev–Trinajstić information content (AvgIpc) is 2.43. The van der Waals surface area contributed by atoms with Crippen molar-refractivity contribution in [1.82, 2.24) is 0 Å². The molecule has 0 rings (SSSR count). The third-order valence-corrected chi connectivity index (χ3v) is 5.41. The molecule has 0 aliphatic heterocycles. The molecular weight excluding hydrogens is 331 g/mol. The summed E-state index contributed by atoms with van der Waals surface area (Å²) in [5.74, 6) is -0.678. The minimum Gasteiger partial charge on any atom is -0.747 e. The van der Waals surface area contributed by atoms with Crippen LogP contribution in [-0.4, -0.2) is 35.2 Å². The van der Waals surface area contributed by atoms with Crippen molar-refractivity contribution in [3.8, 4) is 0 Å². The van der Waals surface area contributed by atoms with Crippen molar-refractivity contribution < 1.29 is 74.3 Å². The first kappa shape index (κ1) is 25.4. The first-order valence-corrected chi connectivity index (χ1v) is 9.30. The van der Waals surface area contributed by atoms with E-state index in [9.17, 15) is 17.8 Å². The fourth-order valence-corrected chi connectivity index (χ4v) is 2.71. The summed E-state index contributed by atoms with van der Waals surface area (Å²) < 4.78 is 31.0. The van der Waals surface area contributed by atoms with E-state index < -0.39 is 27.3 Å². The molecule has 7 heteroatoms. The van der Waals surface area contributed by atoms with Crippen molar-refractivity contribution >= 4 is 15.9 Å². The zero-order valence-corrected chi connectivity index (χ0v) is 18.2. The van der Waals surface area contributed by atoms with Gasteiger partial charge in [0, 0.05) is 6.42 Å². The van der Waals surface area contributed by atoms with Crippen LogP contribution in [0.4, 0.5) is 0 Å². The SMILES string of the molecule is CCCCCCCCCCCC(=O)C(C)(CO)S(=O)(=O)[O-].[K+]. The maximum Gasteiger partial charge on any atom is 1.00 e. The number of carbonyl (C=O) groups excluding carboxylic acids is 1. The van der Waals surface area contributed by atoms with E-state index in [0.29, 0.717) is 6.42 Å². The summed E-state index contributed by atoms with van der Waals surface area (Å²) in [7, 11) is -4.82. The van der Waals surface area contributed by atoms with E-state index in [1.807, 2.05) is 0 Å². The first-order chi connectivity index (χ1) is 9.79. The van der Waals surface area contributed by atoms with Gasteiger partial charge in [0.2, 0.25) is 0 Å². The molecule has 1 atom stereocenters. The third kappa shape index (κ3) is 9.47. The van der Waals surface area contributed by atoms with Crippen molar-refractivity contribution in [2.75, 3.05) is 6.61 Å². The normalized spacial score (nSPS) is 14.2. The molecule has 0 heterocycles. The Morgan fingerprint density at radius 2 is 1.41 bits per heavy atom. The van der Waals surface area contributed by atoms with Crippen LogP contribution in [0, 0.1) is 0 Å². The number of rotatable bonds is 13. The summed E-state index contributed by atoms with van der Waals surface area (Å²) in [4.78, 5) is 11.8. The van der Waals surface area contributed by atoms with E-state index in [4.69, 9.17) is 5.11 Å². The van der Waals surface area contributed by atoms with Crippen LogP contribution in [0.2, 0.25) is 0 Å². The topological polar surface area (TPSA) is 94.5 Å². The van der Waals surface area contributed by atoms with Gasteiger partial charge in [0.25, 0.3) is 0 Å². The molecule has 0 saturated heterocycles. The van der Waals surface area contributed by atoms with E-state index in [-0.39, 0.29) is 57.8 Å². The molecule has 0 bridgehead atoms. The Labute approximate surface area is 177 Å². The summed E-state index contributed by atoms with van der Waals surface area (Å²) in [6.45, 7) is 2.24. The Morgan fingerprint density at radius 3 is 1.77 bits per heavy atom. The molecule has 0 radical (unpaired) electrons. The Kier molecular flexibility index (Phi) is 15.6. The van der Waals surface area contributed by atoms with Crippen LogP contribution in [-0.2, 0) is 14.9 Å². The summed E-state index contributed by atoms with van der Waals surface area (Å²) in [5.41, 5.74) is 0. The minimum atomic E-state index is -4.82. The van der Waals surface area contributed by atoms with Gasteiger partial charge in [-0.05, 0) is 13.3 Å². The van der Waals surface area contributed by atoms with E-state index >= 15 is 0 Å². The predicted molar refractivity (Wildman–Crippen MR) is 82.0 cm³/mol. The van der Waals surface area contributed by atoms with Gasteiger partial charge < -0.3 is 9.66 Å². The van der Waals surface area contributed by atoms with Crippen molar-refractivity contribution in [3.05, 3.63) is 0 Å². The monoisotopic (exact) mass is 360 g/mol. The maximum absolute atomic E-state index is 11.8. The Morgan fingerprint density at radius 1 is 1.00 bits per heavy atom. The van der Waals surface area contributed by atoms with Crippen LogP contribution in [0.25, 0.3) is 0 Å². The van der Waals surface area contributed by atoms with Crippen molar-refractivity contribution in [3.63, 3.8) is 0 Å². The van der Waals surface area contributed by atoms with Crippen molar-refractivity contribution in [2.24, 2.45) is 0 Å². The number of carbonyl (C=O) groups is 1. The van der Waals surface area contributed by atoms with Gasteiger partial charge in [0.1, 0.15) is 14.9 Å². The van der Waals surface area contributed by atoms with Crippen molar-refractivity contribution in [1.29, 1.82) is 0 Å². The van der Waals surface area contributed by atoms with E-state index in [1.165, 1.54) is 32.1 Å². The van der Waals surface area contributed by atoms with E-state index in [0.717, 1.165) is 26.2 Å². The second-order valence-electron chi connectivity index (χ2n) is 5.84. The number of hydrogen-bond donors (Lipinski definition) is 1. The van der Waals surface area contributed by atoms with Gasteiger partial charge in [-0.2, -0.15) is 0 Å². The smallest absolute Gasteiger partial charge is 0.747 e. The average molecular weight is 361 g/mol. The number of hydrogen-bond acceptors (Lipinski definition) is 5. The second-order valence-corrected chi connectivity index (χ2v) is 7.65. The molecule has 0 saturated carbocycles. The molecule has 126 valence electrons. The molecule has 0 spiro atoms. The fraction of sp³-hybridized carbons (Fsp3) is 0.933. The van der Waals surface area contributed by atoms with Crippen LogP contribution < -0.4 is 51.4 Å². The standard InChI is InChI=1S/C15H30O5S.K/c1-3-4-5-6-7-8-9-10-11-12-14(17)15(2,13-16)21(18,19)20;/h16H,3-13H2,1-2H3,(H,18,19,20);/q;+1/p-1. The number of ketones is 1. The molecular formula is C15H29KO5S. The molecule has 0 fully saturated rings. The van der Waals surface area contributed by atoms with Crippen LogP contribution in [0.3, 0.4) is 0 Å². The van der Waals surface area contributed by atoms with Crippen molar-refractivity contribution in [2.45, 2.75) is 82.8 Å². The number of aliphatic hydroxyl groups is 1. The number of Topliss-reactive ketones (excluding diaryl/α,β-unsaturated/α-hetero) is 1. The molecule has 1 N–H and O–H groups in total. The van der Waals surface area contributed by atoms with Gasteiger partial charge >= 0.3 is 51.4 Å². The fourth-order valence-electron chi connectivity index (χ4n) is 2.17. The van der Waals surface area contributed by atoms with Crippen LogP contribution >= 0.6 is 0 Å². The molecule has 22 heavy (non-hydrogen) atoms. The largest absolute Gasteiger partial charge is 1.00 e. The Bertz CT molecular complexity index is 397. The molecule has 0 aliphatic carbocycles. The first-order valence-electron chi connectivity index (χ1n) is 7.89. The van der Waals surface area contributed by atoms with Crippen LogP contribution in [0.5, 0.6) is 0 Å². The van der Waals surface area contributed by atoms with Gasteiger partial charge in [0.05, 0.1) is 6.61 Å². The Balaban J connectivity index is 0. The molecule has 0 aliphatic rings. The van der Waals surface area contributed by atoms with Gasteiger partial charge in [-0.15, -0.1) is 0 Å². The maximum atomic E-state index is 11.8. The third-order valence-electron chi connectivity index (χ3n) is 3.95. The summed E-state index contributed by atoms with van der Waals surface area (Å²) in [6, 6.07) is 0. The summed E-state index contributed by atoms with van der Waals surface area (Å²) >= 11 is 0. The van der Waals surface area contributed by atoms with Gasteiger partial charge in [-0.3, -0.25) is 4.79 Å². The van der Waals surface area contributed by atoms with Gasteiger partial charge in [0.15, 0.2) is 5.78 Å². The molecule has 0 aromatic carbocycles. The molecule has 0 amide bonds. The molecule has 0 aromatic heterocycles. The quantitative estimate of drug-likeness (QED) is 0.278. The molecule has 1 unspecified atom stereocenters. The van der Waals surface area contributed by atoms with Gasteiger partial charge in [-0.25, -0.2) is 8.42 Å². The van der Waals surface area contributed by atoms with E-state index in [2.05, 4.69) is 6.92 Å². The van der Waals surface area contributed by atoms with Crippen LogP contribution in [0.1, 0.15) is 78.1 Å². The number of unbranched alkanes of at least 4 members (excludes halogenated alkanes) is 8. The van der Waals surface area contributed by atoms with Gasteiger partial charge in [-0.1, -0.05) is 58.3 Å². The summed E-state index contributed by atoms with van der Waals surface area (Å²) in [5, 5.41) is 9.03. The minimum absolute atomic E-state index is 0. The van der Waals surface area contributed by atoms with Crippen LogP contribution in [0.15, 0.2) is 0 Å². The number of aliphatic hydroxyl groups excluding tert-OH is 1. The van der Waals surface area contributed by atoms with E-state index in [1.54, 1.807) is 0 Å².